The van der Waals surface area contributed by atoms with Crippen molar-refractivity contribution in [3.05, 3.63) is 65.2 Å². The van der Waals surface area contributed by atoms with Crippen molar-refractivity contribution in [3.8, 4) is 0 Å². The first-order valence-corrected chi connectivity index (χ1v) is 8.04. The fourth-order valence-electron chi connectivity index (χ4n) is 2.54. The number of amides is 1. The second-order valence-electron chi connectivity index (χ2n) is 5.82. The zero-order chi connectivity index (χ0) is 18.4. The maximum absolute atomic E-state index is 13.0. The van der Waals surface area contributed by atoms with E-state index in [-0.39, 0.29) is 12.2 Å². The zero-order valence-corrected chi connectivity index (χ0v) is 14.2. The van der Waals surface area contributed by atoms with Crippen molar-refractivity contribution in [1.82, 2.24) is 4.90 Å². The van der Waals surface area contributed by atoms with Gasteiger partial charge in [0.15, 0.2) is 0 Å². The minimum absolute atomic E-state index is 0.0248. The smallest absolute Gasteiger partial charge is 0.324 e. The molecule has 0 spiro atoms. The standard InChI is InChI=1S/C19H21F3N2O/c1-3-24(12-15-9-5-4-8-14(15)2)13-18(25)23-17-11-7-6-10-16(17)19(20,21)22/h4-11H,3,12-13H2,1-2H3,(H,23,25). The number of hydrogen-bond acceptors (Lipinski definition) is 2. The molecule has 0 saturated carbocycles. The average molecular weight is 350 g/mol. The van der Waals surface area contributed by atoms with Gasteiger partial charge < -0.3 is 5.32 Å². The molecule has 0 aliphatic carbocycles. The third-order valence-corrected chi connectivity index (χ3v) is 3.98. The number of rotatable bonds is 6. The van der Waals surface area contributed by atoms with Gasteiger partial charge in [0.2, 0.25) is 5.91 Å². The summed E-state index contributed by atoms with van der Waals surface area (Å²) in [6.45, 7) is 5.11. The average Bonchev–Trinajstić information content (AvgIpc) is 2.55. The van der Waals surface area contributed by atoms with Crippen LogP contribution in [0.25, 0.3) is 0 Å². The molecule has 0 radical (unpaired) electrons. The molecule has 0 aliphatic heterocycles. The van der Waals surface area contributed by atoms with Crippen LogP contribution in [0.15, 0.2) is 48.5 Å². The van der Waals surface area contributed by atoms with Crippen LogP contribution in [0.5, 0.6) is 0 Å². The van der Waals surface area contributed by atoms with Gasteiger partial charge in [0.25, 0.3) is 0 Å². The Morgan fingerprint density at radius 1 is 1.08 bits per heavy atom. The molecule has 0 fully saturated rings. The minimum Gasteiger partial charge on any atom is -0.324 e. The second kappa shape index (κ2) is 8.16. The molecular formula is C19H21F3N2O. The largest absolute Gasteiger partial charge is 0.418 e. The summed E-state index contributed by atoms with van der Waals surface area (Å²) in [6.07, 6.45) is -4.50. The van der Waals surface area contributed by atoms with Crippen molar-refractivity contribution in [1.29, 1.82) is 0 Å². The number of anilines is 1. The van der Waals surface area contributed by atoms with E-state index in [2.05, 4.69) is 5.32 Å². The van der Waals surface area contributed by atoms with Crippen LogP contribution in [0, 0.1) is 6.92 Å². The molecule has 6 heteroatoms. The van der Waals surface area contributed by atoms with E-state index in [0.717, 1.165) is 17.2 Å². The van der Waals surface area contributed by atoms with Gasteiger partial charge in [-0.15, -0.1) is 0 Å². The Bertz CT molecular complexity index is 729. The highest BCUT2D eigenvalue weighted by atomic mass is 19.4. The highest BCUT2D eigenvalue weighted by molar-refractivity contribution is 5.93. The summed E-state index contributed by atoms with van der Waals surface area (Å²) in [7, 11) is 0. The summed E-state index contributed by atoms with van der Waals surface area (Å²) in [5, 5.41) is 2.38. The first-order chi connectivity index (χ1) is 11.8. The van der Waals surface area contributed by atoms with E-state index in [1.165, 1.54) is 18.2 Å². The van der Waals surface area contributed by atoms with Gasteiger partial charge in [0.05, 0.1) is 17.8 Å². The van der Waals surface area contributed by atoms with Crippen LogP contribution in [-0.4, -0.2) is 23.9 Å². The van der Waals surface area contributed by atoms with Crippen LogP contribution in [-0.2, 0) is 17.5 Å². The topological polar surface area (TPSA) is 32.3 Å². The minimum atomic E-state index is -4.50. The predicted octanol–water partition coefficient (Wildman–Crippen LogP) is 4.47. The van der Waals surface area contributed by atoms with E-state index < -0.39 is 17.6 Å². The first kappa shape index (κ1) is 19.0. The van der Waals surface area contributed by atoms with Crippen molar-refractivity contribution in [2.75, 3.05) is 18.4 Å². The molecule has 3 nitrogen and oxygen atoms in total. The van der Waals surface area contributed by atoms with Gasteiger partial charge >= 0.3 is 6.18 Å². The molecule has 2 aromatic rings. The van der Waals surface area contributed by atoms with Gasteiger partial charge in [-0.3, -0.25) is 9.69 Å². The van der Waals surface area contributed by atoms with Gasteiger partial charge in [0.1, 0.15) is 0 Å². The summed E-state index contributed by atoms with van der Waals surface area (Å²) >= 11 is 0. The lowest BCUT2D eigenvalue weighted by Gasteiger charge is -2.21. The highest BCUT2D eigenvalue weighted by Gasteiger charge is 2.33. The molecule has 0 heterocycles. The Hall–Kier alpha value is -2.34. The molecule has 1 N–H and O–H groups in total. The van der Waals surface area contributed by atoms with E-state index in [1.807, 2.05) is 43.0 Å². The number of likely N-dealkylation sites (N-methyl/N-ethyl adjacent to an activating group) is 1. The first-order valence-electron chi connectivity index (χ1n) is 8.04. The molecule has 0 aliphatic rings. The van der Waals surface area contributed by atoms with E-state index in [9.17, 15) is 18.0 Å². The van der Waals surface area contributed by atoms with E-state index >= 15 is 0 Å². The zero-order valence-electron chi connectivity index (χ0n) is 14.2. The molecule has 0 atom stereocenters. The molecule has 0 bridgehead atoms. The second-order valence-corrected chi connectivity index (χ2v) is 5.82. The number of alkyl halides is 3. The van der Waals surface area contributed by atoms with Crippen molar-refractivity contribution in [2.45, 2.75) is 26.6 Å². The maximum Gasteiger partial charge on any atom is 0.418 e. The molecular weight excluding hydrogens is 329 g/mol. The van der Waals surface area contributed by atoms with Crippen LogP contribution in [0.4, 0.5) is 18.9 Å². The number of halogens is 3. The Kier molecular flexibility index (Phi) is 6.20. The van der Waals surface area contributed by atoms with E-state index in [4.69, 9.17) is 0 Å². The number of carbonyl (C=O) groups is 1. The molecule has 0 aromatic heterocycles. The predicted molar refractivity (Wildman–Crippen MR) is 92.2 cm³/mol. The van der Waals surface area contributed by atoms with Crippen LogP contribution in [0.1, 0.15) is 23.6 Å². The van der Waals surface area contributed by atoms with Crippen molar-refractivity contribution < 1.29 is 18.0 Å². The number of aryl methyl sites for hydroxylation is 1. The number of hydrogen-bond donors (Lipinski definition) is 1. The summed E-state index contributed by atoms with van der Waals surface area (Å²) in [5.74, 6) is -0.466. The van der Waals surface area contributed by atoms with Crippen LogP contribution >= 0.6 is 0 Å². The van der Waals surface area contributed by atoms with Crippen LogP contribution < -0.4 is 5.32 Å². The van der Waals surface area contributed by atoms with Gasteiger partial charge in [-0.2, -0.15) is 13.2 Å². The Labute approximate surface area is 145 Å². The Balaban J connectivity index is 2.05. The van der Waals surface area contributed by atoms with Crippen LogP contribution in [0.3, 0.4) is 0 Å². The van der Waals surface area contributed by atoms with E-state index in [1.54, 1.807) is 0 Å². The number of para-hydroxylation sites is 1. The van der Waals surface area contributed by atoms with Gasteiger partial charge in [0, 0.05) is 6.54 Å². The third kappa shape index (κ3) is 5.32. The number of carbonyl (C=O) groups excluding carboxylic acids is 1. The number of nitrogens with one attached hydrogen (secondary N) is 1. The molecule has 134 valence electrons. The van der Waals surface area contributed by atoms with Gasteiger partial charge in [-0.05, 0) is 36.7 Å². The molecule has 0 saturated heterocycles. The lowest BCUT2D eigenvalue weighted by molar-refractivity contribution is -0.137. The summed E-state index contributed by atoms with van der Waals surface area (Å²) in [5.41, 5.74) is 1.15. The quantitative estimate of drug-likeness (QED) is 0.833. The monoisotopic (exact) mass is 350 g/mol. The fraction of sp³-hybridized carbons (Fsp3) is 0.316. The fourth-order valence-corrected chi connectivity index (χ4v) is 2.54. The van der Waals surface area contributed by atoms with Gasteiger partial charge in [-0.25, -0.2) is 0 Å². The maximum atomic E-state index is 13.0. The highest BCUT2D eigenvalue weighted by Crippen LogP contribution is 2.34. The number of benzene rings is 2. The van der Waals surface area contributed by atoms with Crippen LogP contribution in [0.2, 0.25) is 0 Å². The van der Waals surface area contributed by atoms with Crippen molar-refractivity contribution in [3.63, 3.8) is 0 Å². The molecule has 25 heavy (non-hydrogen) atoms. The lowest BCUT2D eigenvalue weighted by Crippen LogP contribution is -2.33. The van der Waals surface area contributed by atoms with E-state index in [0.29, 0.717) is 13.1 Å². The van der Waals surface area contributed by atoms with Crippen molar-refractivity contribution in [2.24, 2.45) is 0 Å². The molecule has 2 rings (SSSR count). The van der Waals surface area contributed by atoms with Crippen molar-refractivity contribution >= 4 is 11.6 Å². The van der Waals surface area contributed by atoms with Gasteiger partial charge in [-0.1, -0.05) is 43.3 Å². The summed E-state index contributed by atoms with van der Waals surface area (Å²) in [4.78, 5) is 14.1. The normalized spacial score (nSPS) is 11.6. The summed E-state index contributed by atoms with van der Waals surface area (Å²) < 4.78 is 39.0. The molecule has 0 unspecified atom stereocenters. The summed E-state index contributed by atoms with van der Waals surface area (Å²) in [6, 6.07) is 12.8. The number of nitrogens with zero attached hydrogens (tertiary/aromatic N) is 1. The SMILES string of the molecule is CCN(CC(=O)Nc1ccccc1C(F)(F)F)Cc1ccccc1C. The lowest BCUT2D eigenvalue weighted by atomic mass is 10.1. The molecule has 1 amide bonds. The third-order valence-electron chi connectivity index (χ3n) is 3.98. The Morgan fingerprint density at radius 2 is 1.72 bits per heavy atom. The molecule has 2 aromatic carbocycles. The Morgan fingerprint density at radius 3 is 2.36 bits per heavy atom.